The standard InChI is InChI=1S/C30H22Cl2N2O4/c1-17-7-10-21(13-18(17)2)34-29(36)24(28(35)33-30(34)37)15-23-22-6-4-3-5-20(22)9-12-27(23)38-16-19-8-11-25(31)26(32)14-19/h3-15H,16H2,1-2H3,(H,33,35,37)/b24-15+. The zero-order valence-corrected chi connectivity index (χ0v) is 22.1. The van der Waals surface area contributed by atoms with Crippen LogP contribution in [0.5, 0.6) is 5.75 Å². The molecule has 8 heteroatoms. The number of anilines is 1. The Balaban J connectivity index is 1.57. The van der Waals surface area contributed by atoms with E-state index in [1.807, 2.05) is 50.2 Å². The molecular formula is C30H22Cl2N2O4. The quantitative estimate of drug-likeness (QED) is 0.216. The molecule has 6 nitrogen and oxygen atoms in total. The molecule has 1 aliphatic rings. The molecule has 0 unspecified atom stereocenters. The first-order chi connectivity index (χ1) is 18.2. The van der Waals surface area contributed by atoms with Crippen LogP contribution in [0, 0.1) is 13.8 Å². The monoisotopic (exact) mass is 544 g/mol. The summed E-state index contributed by atoms with van der Waals surface area (Å²) in [5.41, 5.74) is 3.46. The lowest BCUT2D eigenvalue weighted by atomic mass is 9.99. The van der Waals surface area contributed by atoms with Crippen molar-refractivity contribution in [3.8, 4) is 5.75 Å². The summed E-state index contributed by atoms with van der Waals surface area (Å²) in [5.74, 6) is -1.04. The Kier molecular flexibility index (Phi) is 6.93. The molecule has 0 bridgehead atoms. The van der Waals surface area contributed by atoms with E-state index in [2.05, 4.69) is 5.32 Å². The van der Waals surface area contributed by atoms with Crippen LogP contribution in [0.15, 0.2) is 78.4 Å². The van der Waals surface area contributed by atoms with Gasteiger partial charge in [0.25, 0.3) is 11.8 Å². The lowest BCUT2D eigenvalue weighted by Crippen LogP contribution is -2.54. The number of carbonyl (C=O) groups is 3. The number of nitrogens with one attached hydrogen (secondary N) is 1. The molecule has 1 aliphatic heterocycles. The molecular weight excluding hydrogens is 523 g/mol. The van der Waals surface area contributed by atoms with E-state index in [0.717, 1.165) is 32.4 Å². The first kappa shape index (κ1) is 25.5. The average Bonchev–Trinajstić information content (AvgIpc) is 2.89. The number of barbiturate groups is 1. The number of hydrogen-bond acceptors (Lipinski definition) is 4. The third-order valence-corrected chi connectivity index (χ3v) is 7.19. The normalized spacial score (nSPS) is 14.8. The van der Waals surface area contributed by atoms with E-state index < -0.39 is 17.8 Å². The van der Waals surface area contributed by atoms with Gasteiger partial charge >= 0.3 is 6.03 Å². The summed E-state index contributed by atoms with van der Waals surface area (Å²) in [6.45, 7) is 4.01. The molecule has 1 saturated heterocycles. The smallest absolute Gasteiger partial charge is 0.335 e. The summed E-state index contributed by atoms with van der Waals surface area (Å²) in [5, 5.41) is 4.82. The fourth-order valence-corrected chi connectivity index (χ4v) is 4.56. The summed E-state index contributed by atoms with van der Waals surface area (Å²) in [4.78, 5) is 40.1. The fraction of sp³-hybridized carbons (Fsp3) is 0.100. The van der Waals surface area contributed by atoms with Crippen molar-refractivity contribution in [3.05, 3.63) is 111 Å². The zero-order valence-electron chi connectivity index (χ0n) is 20.5. The second kappa shape index (κ2) is 10.3. The van der Waals surface area contributed by atoms with Gasteiger partial charge in [0.05, 0.1) is 15.7 Å². The summed E-state index contributed by atoms with van der Waals surface area (Å²) >= 11 is 12.2. The number of ether oxygens (including phenoxy) is 1. The van der Waals surface area contributed by atoms with Crippen LogP contribution in [-0.4, -0.2) is 17.8 Å². The van der Waals surface area contributed by atoms with Gasteiger partial charge in [0.2, 0.25) is 0 Å². The Morgan fingerprint density at radius 2 is 1.66 bits per heavy atom. The van der Waals surface area contributed by atoms with Crippen molar-refractivity contribution in [2.24, 2.45) is 0 Å². The molecule has 1 fully saturated rings. The van der Waals surface area contributed by atoms with E-state index in [4.69, 9.17) is 27.9 Å². The summed E-state index contributed by atoms with van der Waals surface area (Å²) < 4.78 is 6.13. The van der Waals surface area contributed by atoms with Crippen LogP contribution in [0.25, 0.3) is 16.8 Å². The molecule has 0 saturated carbocycles. The molecule has 0 spiro atoms. The van der Waals surface area contributed by atoms with Gasteiger partial charge in [-0.1, -0.05) is 65.7 Å². The highest BCUT2D eigenvalue weighted by molar-refractivity contribution is 6.42. The maximum atomic E-state index is 13.6. The molecule has 0 aliphatic carbocycles. The van der Waals surface area contributed by atoms with Crippen molar-refractivity contribution in [2.75, 3.05) is 4.90 Å². The lowest BCUT2D eigenvalue weighted by molar-refractivity contribution is -0.122. The summed E-state index contributed by atoms with van der Waals surface area (Å²) in [6, 6.07) is 20.9. The van der Waals surface area contributed by atoms with Crippen LogP contribution in [0.2, 0.25) is 10.0 Å². The minimum atomic E-state index is -0.797. The van der Waals surface area contributed by atoms with Crippen LogP contribution in [0.4, 0.5) is 10.5 Å². The molecule has 0 aromatic heterocycles. The van der Waals surface area contributed by atoms with Crippen molar-refractivity contribution in [2.45, 2.75) is 20.5 Å². The molecule has 4 amide bonds. The Morgan fingerprint density at radius 3 is 2.42 bits per heavy atom. The van der Waals surface area contributed by atoms with Crippen LogP contribution in [-0.2, 0) is 16.2 Å². The van der Waals surface area contributed by atoms with Gasteiger partial charge in [-0.3, -0.25) is 14.9 Å². The molecule has 0 radical (unpaired) electrons. The number of amides is 4. The van der Waals surface area contributed by atoms with Crippen LogP contribution in [0.1, 0.15) is 22.3 Å². The number of halogens is 2. The minimum absolute atomic E-state index is 0.179. The third-order valence-electron chi connectivity index (χ3n) is 6.45. The van der Waals surface area contributed by atoms with Crippen molar-refractivity contribution >= 4 is 63.6 Å². The van der Waals surface area contributed by atoms with Crippen LogP contribution < -0.4 is 15.0 Å². The highest BCUT2D eigenvalue weighted by Gasteiger charge is 2.37. The molecule has 4 aromatic rings. The van der Waals surface area contributed by atoms with E-state index >= 15 is 0 Å². The fourth-order valence-electron chi connectivity index (χ4n) is 4.24. The van der Waals surface area contributed by atoms with Crippen molar-refractivity contribution < 1.29 is 19.1 Å². The maximum Gasteiger partial charge on any atom is 0.335 e. The van der Waals surface area contributed by atoms with E-state index in [0.29, 0.717) is 27.0 Å². The number of rotatable bonds is 5. The summed E-state index contributed by atoms with van der Waals surface area (Å²) in [7, 11) is 0. The first-order valence-corrected chi connectivity index (χ1v) is 12.6. The highest BCUT2D eigenvalue weighted by Crippen LogP contribution is 2.33. The van der Waals surface area contributed by atoms with Crippen LogP contribution in [0.3, 0.4) is 0 Å². The predicted octanol–water partition coefficient (Wildman–Crippen LogP) is 7.01. The maximum absolute atomic E-state index is 13.6. The van der Waals surface area contributed by atoms with Crippen LogP contribution >= 0.6 is 23.2 Å². The number of hydrogen-bond donors (Lipinski definition) is 1. The number of nitrogens with zero attached hydrogens (tertiary/aromatic N) is 1. The molecule has 190 valence electrons. The number of fused-ring (bicyclic) bond motifs is 1. The molecule has 1 heterocycles. The molecule has 5 rings (SSSR count). The van der Waals surface area contributed by atoms with E-state index in [-0.39, 0.29) is 12.2 Å². The van der Waals surface area contributed by atoms with Gasteiger partial charge in [0, 0.05) is 5.56 Å². The second-order valence-electron chi connectivity index (χ2n) is 8.96. The van der Waals surface area contributed by atoms with Gasteiger partial charge in [-0.25, -0.2) is 9.69 Å². The molecule has 4 aromatic carbocycles. The van der Waals surface area contributed by atoms with E-state index in [1.54, 1.807) is 36.4 Å². The van der Waals surface area contributed by atoms with E-state index in [1.165, 1.54) is 6.08 Å². The van der Waals surface area contributed by atoms with Gasteiger partial charge in [-0.2, -0.15) is 0 Å². The average molecular weight is 545 g/mol. The van der Waals surface area contributed by atoms with Gasteiger partial charge in [-0.05, 0) is 77.7 Å². The molecule has 38 heavy (non-hydrogen) atoms. The Hall–Kier alpha value is -4.13. The van der Waals surface area contributed by atoms with Crippen molar-refractivity contribution in [1.82, 2.24) is 5.32 Å². The predicted molar refractivity (Wildman–Crippen MR) is 150 cm³/mol. The topological polar surface area (TPSA) is 75.7 Å². The van der Waals surface area contributed by atoms with Gasteiger partial charge in [0.15, 0.2) is 0 Å². The number of imide groups is 2. The molecule has 0 atom stereocenters. The third kappa shape index (κ3) is 4.88. The number of urea groups is 1. The number of aryl methyl sites for hydroxylation is 2. The Bertz CT molecular complexity index is 1660. The lowest BCUT2D eigenvalue weighted by Gasteiger charge is -2.27. The number of carbonyl (C=O) groups excluding carboxylic acids is 3. The summed E-state index contributed by atoms with van der Waals surface area (Å²) in [6.07, 6.45) is 1.48. The second-order valence-corrected chi connectivity index (χ2v) is 9.78. The van der Waals surface area contributed by atoms with Gasteiger partial charge in [-0.15, -0.1) is 0 Å². The molecule has 1 N–H and O–H groups in total. The van der Waals surface area contributed by atoms with E-state index in [9.17, 15) is 14.4 Å². The highest BCUT2D eigenvalue weighted by atomic mass is 35.5. The first-order valence-electron chi connectivity index (χ1n) is 11.8. The largest absolute Gasteiger partial charge is 0.488 e. The SMILES string of the molecule is Cc1ccc(N2C(=O)NC(=O)/C(=C\c3c(OCc4ccc(Cl)c(Cl)c4)ccc4ccccc34)C2=O)cc1C. The van der Waals surface area contributed by atoms with Crippen molar-refractivity contribution in [1.29, 1.82) is 0 Å². The minimum Gasteiger partial charge on any atom is -0.488 e. The number of benzene rings is 4. The van der Waals surface area contributed by atoms with Gasteiger partial charge in [0.1, 0.15) is 17.9 Å². The Morgan fingerprint density at radius 1 is 0.868 bits per heavy atom. The Labute approximate surface area is 229 Å². The van der Waals surface area contributed by atoms with Crippen molar-refractivity contribution in [3.63, 3.8) is 0 Å². The zero-order chi connectivity index (χ0) is 27.0. The van der Waals surface area contributed by atoms with Gasteiger partial charge < -0.3 is 4.74 Å².